The third-order valence-corrected chi connectivity index (χ3v) is 4.69. The lowest BCUT2D eigenvalue weighted by molar-refractivity contribution is -0.385. The van der Waals surface area contributed by atoms with Gasteiger partial charge in [-0.25, -0.2) is 0 Å². The molecule has 2 aromatic rings. The number of hydrogen-bond donors (Lipinski definition) is 1. The first kappa shape index (κ1) is 17.0. The summed E-state index contributed by atoms with van der Waals surface area (Å²) in [6.45, 7) is 3.46. The zero-order chi connectivity index (χ0) is 16.8. The van der Waals surface area contributed by atoms with Crippen molar-refractivity contribution < 1.29 is 9.72 Å². The second kappa shape index (κ2) is 7.78. The van der Waals surface area contributed by atoms with Crippen LogP contribution in [0.25, 0.3) is 0 Å². The Kier molecular flexibility index (Phi) is 5.76. The number of hydrogen-bond acceptors (Lipinski definition) is 4. The second-order valence-corrected chi connectivity index (χ2v) is 6.46. The monoisotopic (exact) mass is 330 g/mol. The summed E-state index contributed by atoms with van der Waals surface area (Å²) in [6.07, 6.45) is 0. The quantitative estimate of drug-likeness (QED) is 0.637. The maximum absolute atomic E-state index is 12.3. The zero-order valence-corrected chi connectivity index (χ0v) is 13.8. The molecule has 0 spiro atoms. The van der Waals surface area contributed by atoms with E-state index in [0.717, 1.165) is 11.3 Å². The Morgan fingerprint density at radius 3 is 2.57 bits per heavy atom. The van der Waals surface area contributed by atoms with Gasteiger partial charge in [0.1, 0.15) is 0 Å². The number of rotatable bonds is 6. The topological polar surface area (TPSA) is 72.2 Å². The van der Waals surface area contributed by atoms with Crippen molar-refractivity contribution in [2.45, 2.75) is 24.9 Å². The minimum atomic E-state index is -0.446. The molecule has 1 amide bonds. The van der Waals surface area contributed by atoms with Crippen LogP contribution in [-0.2, 0) is 10.5 Å². The molecule has 0 aliphatic heterocycles. The largest absolute Gasteiger partial charge is 0.325 e. The number of carbonyl (C=O) groups excluding carboxylic acids is 1. The molecule has 1 atom stereocenters. The molecule has 120 valence electrons. The number of thioether (sulfide) groups is 1. The van der Waals surface area contributed by atoms with Crippen LogP contribution in [0.5, 0.6) is 0 Å². The Morgan fingerprint density at radius 1 is 1.22 bits per heavy atom. The molecule has 0 aromatic heterocycles. The molecule has 0 heterocycles. The van der Waals surface area contributed by atoms with Gasteiger partial charge in [0.25, 0.3) is 5.69 Å². The van der Waals surface area contributed by atoms with E-state index in [1.165, 1.54) is 17.8 Å². The summed E-state index contributed by atoms with van der Waals surface area (Å²) >= 11 is 1.53. The van der Waals surface area contributed by atoms with Crippen LogP contribution in [0.3, 0.4) is 0 Å². The third kappa shape index (κ3) is 4.56. The summed E-state index contributed by atoms with van der Waals surface area (Å²) in [7, 11) is 0. The predicted molar refractivity (Wildman–Crippen MR) is 93.7 cm³/mol. The van der Waals surface area contributed by atoms with Crippen LogP contribution < -0.4 is 5.32 Å². The lowest BCUT2D eigenvalue weighted by atomic mass is 10.1. The van der Waals surface area contributed by atoms with Crippen molar-refractivity contribution in [3.05, 3.63) is 69.8 Å². The molecule has 1 unspecified atom stereocenters. The second-order valence-electron chi connectivity index (χ2n) is 5.13. The Hall–Kier alpha value is -2.34. The van der Waals surface area contributed by atoms with Crippen LogP contribution in [0.4, 0.5) is 11.4 Å². The highest BCUT2D eigenvalue weighted by molar-refractivity contribution is 7.99. The molecular weight excluding hydrogens is 312 g/mol. The highest BCUT2D eigenvalue weighted by Gasteiger charge is 2.18. The number of nitro benzene ring substituents is 1. The Labute approximate surface area is 139 Å². The Bertz CT molecular complexity index is 704. The van der Waals surface area contributed by atoms with Gasteiger partial charge in [-0.3, -0.25) is 14.9 Å². The van der Waals surface area contributed by atoms with Gasteiger partial charge in [-0.1, -0.05) is 36.4 Å². The third-order valence-electron chi connectivity index (χ3n) is 3.47. The normalized spacial score (nSPS) is 11.7. The summed E-state index contributed by atoms with van der Waals surface area (Å²) in [5.74, 6) is 0.582. The minimum absolute atomic E-state index is 0.00684. The summed E-state index contributed by atoms with van der Waals surface area (Å²) < 4.78 is 0. The predicted octanol–water partition coefficient (Wildman–Crippen LogP) is 4.16. The summed E-state index contributed by atoms with van der Waals surface area (Å²) in [5.41, 5.74) is 2.11. The molecule has 2 aromatic carbocycles. The van der Waals surface area contributed by atoms with Crippen molar-refractivity contribution in [1.82, 2.24) is 0 Å². The van der Waals surface area contributed by atoms with Gasteiger partial charge >= 0.3 is 0 Å². The van der Waals surface area contributed by atoms with E-state index < -0.39 is 4.92 Å². The van der Waals surface area contributed by atoms with Crippen molar-refractivity contribution in [1.29, 1.82) is 0 Å². The number of nitro groups is 1. The van der Waals surface area contributed by atoms with Gasteiger partial charge in [-0.05, 0) is 25.5 Å². The molecule has 0 aliphatic rings. The molecule has 23 heavy (non-hydrogen) atoms. The molecule has 0 bridgehead atoms. The van der Waals surface area contributed by atoms with Gasteiger partial charge in [-0.15, -0.1) is 11.8 Å². The maximum atomic E-state index is 12.3. The fourth-order valence-corrected chi connectivity index (χ4v) is 2.91. The highest BCUT2D eigenvalue weighted by Crippen LogP contribution is 2.26. The fourth-order valence-electron chi connectivity index (χ4n) is 2.06. The molecule has 2 rings (SSSR count). The maximum Gasteiger partial charge on any atom is 0.274 e. The van der Waals surface area contributed by atoms with E-state index in [4.69, 9.17) is 0 Å². The number of anilines is 1. The van der Waals surface area contributed by atoms with Crippen LogP contribution in [0.15, 0.2) is 48.5 Å². The smallest absolute Gasteiger partial charge is 0.274 e. The van der Waals surface area contributed by atoms with E-state index in [1.807, 2.05) is 37.3 Å². The molecule has 0 aliphatic carbocycles. The van der Waals surface area contributed by atoms with Gasteiger partial charge in [0.15, 0.2) is 0 Å². The fraction of sp³-hybridized carbons (Fsp3) is 0.235. The number of amides is 1. The molecule has 0 fully saturated rings. The summed E-state index contributed by atoms with van der Waals surface area (Å²) in [5, 5.41) is 13.5. The van der Waals surface area contributed by atoms with Gasteiger partial charge < -0.3 is 5.32 Å². The van der Waals surface area contributed by atoms with Gasteiger partial charge in [0.05, 0.1) is 21.4 Å². The van der Waals surface area contributed by atoms with Gasteiger partial charge in [0, 0.05) is 11.8 Å². The van der Waals surface area contributed by atoms with Gasteiger partial charge in [0.2, 0.25) is 5.91 Å². The van der Waals surface area contributed by atoms with E-state index in [2.05, 4.69) is 5.32 Å². The minimum Gasteiger partial charge on any atom is -0.325 e. The first-order valence-electron chi connectivity index (χ1n) is 7.19. The first-order chi connectivity index (χ1) is 11.0. The molecule has 0 radical (unpaired) electrons. The molecule has 0 saturated heterocycles. The number of nitrogens with zero attached hydrogens (tertiary/aromatic N) is 1. The van der Waals surface area contributed by atoms with Crippen LogP contribution in [0.1, 0.15) is 18.1 Å². The molecule has 5 nitrogen and oxygen atoms in total. The summed E-state index contributed by atoms with van der Waals surface area (Å²) in [6, 6.07) is 14.6. The molecule has 0 saturated carbocycles. The Morgan fingerprint density at radius 2 is 1.91 bits per heavy atom. The number of carbonyl (C=O) groups is 1. The van der Waals surface area contributed by atoms with Crippen LogP contribution in [0, 0.1) is 17.0 Å². The molecular formula is C17H18N2O3S. The van der Waals surface area contributed by atoms with Crippen molar-refractivity contribution in [2.75, 3.05) is 5.32 Å². The van der Waals surface area contributed by atoms with E-state index in [0.29, 0.717) is 11.3 Å². The van der Waals surface area contributed by atoms with Crippen LogP contribution >= 0.6 is 11.8 Å². The highest BCUT2D eigenvalue weighted by atomic mass is 32.2. The lowest BCUT2D eigenvalue weighted by Gasteiger charge is -2.13. The SMILES string of the molecule is Cc1c(NC(=O)C(C)SCc2ccccc2)cccc1[N+](=O)[O-]. The van der Waals surface area contributed by atoms with Crippen molar-refractivity contribution in [2.24, 2.45) is 0 Å². The lowest BCUT2D eigenvalue weighted by Crippen LogP contribution is -2.23. The number of benzene rings is 2. The first-order valence-corrected chi connectivity index (χ1v) is 8.24. The van der Waals surface area contributed by atoms with E-state index >= 15 is 0 Å². The Balaban J connectivity index is 1.98. The van der Waals surface area contributed by atoms with Crippen molar-refractivity contribution >= 4 is 29.0 Å². The molecule has 6 heteroatoms. The molecule has 1 N–H and O–H groups in total. The van der Waals surface area contributed by atoms with E-state index in [-0.39, 0.29) is 16.8 Å². The number of nitrogens with one attached hydrogen (secondary N) is 1. The summed E-state index contributed by atoms with van der Waals surface area (Å²) in [4.78, 5) is 22.8. The average Bonchev–Trinajstić information content (AvgIpc) is 2.55. The van der Waals surface area contributed by atoms with E-state index in [9.17, 15) is 14.9 Å². The van der Waals surface area contributed by atoms with Crippen molar-refractivity contribution in [3.8, 4) is 0 Å². The van der Waals surface area contributed by atoms with E-state index in [1.54, 1.807) is 19.1 Å². The zero-order valence-electron chi connectivity index (χ0n) is 13.0. The van der Waals surface area contributed by atoms with Crippen LogP contribution in [-0.4, -0.2) is 16.1 Å². The van der Waals surface area contributed by atoms with Gasteiger partial charge in [-0.2, -0.15) is 0 Å². The van der Waals surface area contributed by atoms with Crippen LogP contribution in [0.2, 0.25) is 0 Å². The average molecular weight is 330 g/mol. The standard InChI is InChI=1S/C17H18N2O3S/c1-12-15(9-6-10-16(12)19(21)22)18-17(20)13(2)23-11-14-7-4-3-5-8-14/h3-10,13H,11H2,1-2H3,(H,18,20). The van der Waals surface area contributed by atoms with Crippen molar-refractivity contribution in [3.63, 3.8) is 0 Å².